The zero-order valence-corrected chi connectivity index (χ0v) is 10.7. The lowest BCUT2D eigenvalue weighted by Crippen LogP contribution is -2.20. The van der Waals surface area contributed by atoms with Gasteiger partial charge in [-0.05, 0) is 12.0 Å². The van der Waals surface area contributed by atoms with Gasteiger partial charge in [-0.15, -0.1) is 0 Å². The van der Waals surface area contributed by atoms with Gasteiger partial charge in [-0.3, -0.25) is 4.98 Å². The van der Waals surface area contributed by atoms with Gasteiger partial charge in [0.1, 0.15) is 5.82 Å². The fourth-order valence-electron chi connectivity index (χ4n) is 2.56. The van der Waals surface area contributed by atoms with Gasteiger partial charge in [0.05, 0.1) is 24.7 Å². The molecule has 1 unspecified atom stereocenters. The van der Waals surface area contributed by atoms with Crippen LogP contribution in [0.1, 0.15) is 23.6 Å². The van der Waals surface area contributed by atoms with Crippen LogP contribution in [0.4, 0.5) is 5.82 Å². The van der Waals surface area contributed by atoms with E-state index in [1.54, 1.807) is 12.4 Å². The Bertz CT molecular complexity index is 527. The predicted octanol–water partition coefficient (Wildman–Crippen LogP) is 1.96. The van der Waals surface area contributed by atoms with Crippen molar-refractivity contribution < 1.29 is 5.11 Å². The maximum atomic E-state index is 8.97. The third-order valence-corrected chi connectivity index (χ3v) is 3.64. The Morgan fingerprint density at radius 1 is 1.16 bits per heavy atom. The Kier molecular flexibility index (Phi) is 3.42. The maximum absolute atomic E-state index is 8.97. The van der Waals surface area contributed by atoms with Gasteiger partial charge >= 0.3 is 0 Å². The lowest BCUT2D eigenvalue weighted by Gasteiger charge is -2.17. The zero-order chi connectivity index (χ0) is 13.1. The molecule has 0 saturated carbocycles. The molecule has 1 aromatic heterocycles. The SMILES string of the molecule is OCc1cnc(N2CCC(c3ccccc3)C2)cn1. The second-order valence-corrected chi connectivity index (χ2v) is 4.87. The molecule has 2 aromatic rings. The third-order valence-electron chi connectivity index (χ3n) is 3.64. The van der Waals surface area contributed by atoms with Gasteiger partial charge in [0, 0.05) is 19.0 Å². The number of nitrogens with zero attached hydrogens (tertiary/aromatic N) is 3. The molecule has 1 aromatic carbocycles. The van der Waals surface area contributed by atoms with E-state index in [0.717, 1.165) is 25.3 Å². The molecule has 1 fully saturated rings. The van der Waals surface area contributed by atoms with Crippen LogP contribution in [-0.2, 0) is 6.61 Å². The molecule has 2 heterocycles. The minimum atomic E-state index is -0.0556. The van der Waals surface area contributed by atoms with Crippen LogP contribution in [0.15, 0.2) is 42.7 Å². The number of aromatic nitrogens is 2. The Hall–Kier alpha value is -1.94. The van der Waals surface area contributed by atoms with Gasteiger partial charge in [0.15, 0.2) is 0 Å². The molecule has 3 rings (SSSR count). The van der Waals surface area contributed by atoms with Gasteiger partial charge in [-0.2, -0.15) is 0 Å². The molecule has 1 aliphatic rings. The Morgan fingerprint density at radius 3 is 2.68 bits per heavy atom. The van der Waals surface area contributed by atoms with E-state index >= 15 is 0 Å². The van der Waals surface area contributed by atoms with Crippen LogP contribution in [0.2, 0.25) is 0 Å². The summed E-state index contributed by atoms with van der Waals surface area (Å²) in [5, 5.41) is 8.97. The van der Waals surface area contributed by atoms with Crippen molar-refractivity contribution in [1.82, 2.24) is 9.97 Å². The molecule has 0 radical (unpaired) electrons. The van der Waals surface area contributed by atoms with E-state index < -0.39 is 0 Å². The fourth-order valence-corrected chi connectivity index (χ4v) is 2.56. The van der Waals surface area contributed by atoms with Gasteiger partial charge in [0.25, 0.3) is 0 Å². The number of anilines is 1. The number of aliphatic hydroxyl groups is 1. The molecule has 0 bridgehead atoms. The summed E-state index contributed by atoms with van der Waals surface area (Å²) in [6.07, 6.45) is 4.54. The summed E-state index contributed by atoms with van der Waals surface area (Å²) in [4.78, 5) is 10.8. The summed E-state index contributed by atoms with van der Waals surface area (Å²) in [5.74, 6) is 1.47. The minimum absolute atomic E-state index is 0.0556. The van der Waals surface area contributed by atoms with Crippen molar-refractivity contribution in [3.8, 4) is 0 Å². The molecule has 1 aliphatic heterocycles. The topological polar surface area (TPSA) is 49.3 Å². The van der Waals surface area contributed by atoms with E-state index in [-0.39, 0.29) is 6.61 Å². The highest BCUT2D eigenvalue weighted by Crippen LogP contribution is 2.29. The highest BCUT2D eigenvalue weighted by Gasteiger charge is 2.24. The monoisotopic (exact) mass is 255 g/mol. The lowest BCUT2D eigenvalue weighted by atomic mass is 9.99. The number of hydrogen-bond acceptors (Lipinski definition) is 4. The second kappa shape index (κ2) is 5.36. The molecule has 19 heavy (non-hydrogen) atoms. The average molecular weight is 255 g/mol. The first kappa shape index (κ1) is 12.1. The third kappa shape index (κ3) is 2.58. The first-order valence-corrected chi connectivity index (χ1v) is 6.58. The van der Waals surface area contributed by atoms with Crippen molar-refractivity contribution in [3.63, 3.8) is 0 Å². The first-order valence-electron chi connectivity index (χ1n) is 6.58. The molecule has 0 amide bonds. The molecular formula is C15H17N3O. The van der Waals surface area contributed by atoms with Gasteiger partial charge in [0.2, 0.25) is 0 Å². The molecular weight excluding hydrogens is 238 g/mol. The van der Waals surface area contributed by atoms with Crippen molar-refractivity contribution in [2.75, 3.05) is 18.0 Å². The zero-order valence-electron chi connectivity index (χ0n) is 10.7. The van der Waals surface area contributed by atoms with Crippen LogP contribution >= 0.6 is 0 Å². The first-order chi connectivity index (χ1) is 9.36. The average Bonchev–Trinajstić information content (AvgIpc) is 2.98. The van der Waals surface area contributed by atoms with Crippen molar-refractivity contribution in [2.45, 2.75) is 18.9 Å². The van der Waals surface area contributed by atoms with Crippen LogP contribution in [0.25, 0.3) is 0 Å². The summed E-state index contributed by atoms with van der Waals surface area (Å²) in [7, 11) is 0. The quantitative estimate of drug-likeness (QED) is 0.911. The van der Waals surface area contributed by atoms with E-state index in [1.165, 1.54) is 5.56 Å². The molecule has 0 spiro atoms. The van der Waals surface area contributed by atoms with Crippen LogP contribution in [0.3, 0.4) is 0 Å². The molecule has 1 saturated heterocycles. The molecule has 1 N–H and O–H groups in total. The van der Waals surface area contributed by atoms with Crippen molar-refractivity contribution >= 4 is 5.82 Å². The molecule has 0 aliphatic carbocycles. The smallest absolute Gasteiger partial charge is 0.147 e. The normalized spacial score (nSPS) is 18.8. The maximum Gasteiger partial charge on any atom is 0.147 e. The molecule has 1 atom stereocenters. The number of rotatable bonds is 3. The second-order valence-electron chi connectivity index (χ2n) is 4.87. The number of aliphatic hydroxyl groups excluding tert-OH is 1. The number of hydrogen-bond donors (Lipinski definition) is 1. The highest BCUT2D eigenvalue weighted by atomic mass is 16.3. The molecule has 4 nitrogen and oxygen atoms in total. The van der Waals surface area contributed by atoms with E-state index in [0.29, 0.717) is 11.6 Å². The van der Waals surface area contributed by atoms with E-state index in [9.17, 15) is 0 Å². The fraction of sp³-hybridized carbons (Fsp3) is 0.333. The summed E-state index contributed by atoms with van der Waals surface area (Å²) < 4.78 is 0. The Labute approximate surface area is 112 Å². The van der Waals surface area contributed by atoms with Crippen molar-refractivity contribution in [1.29, 1.82) is 0 Å². The molecule has 4 heteroatoms. The van der Waals surface area contributed by atoms with Crippen molar-refractivity contribution in [3.05, 3.63) is 54.0 Å². The number of benzene rings is 1. The van der Waals surface area contributed by atoms with Gasteiger partial charge < -0.3 is 10.0 Å². The summed E-state index contributed by atoms with van der Waals surface area (Å²) in [5.41, 5.74) is 2.01. The van der Waals surface area contributed by atoms with E-state index in [4.69, 9.17) is 5.11 Å². The van der Waals surface area contributed by atoms with Crippen molar-refractivity contribution in [2.24, 2.45) is 0 Å². The highest BCUT2D eigenvalue weighted by molar-refractivity contribution is 5.39. The van der Waals surface area contributed by atoms with Crippen LogP contribution in [0.5, 0.6) is 0 Å². The van der Waals surface area contributed by atoms with Crippen LogP contribution in [-0.4, -0.2) is 28.2 Å². The van der Waals surface area contributed by atoms with E-state index in [2.05, 4.69) is 45.2 Å². The largest absolute Gasteiger partial charge is 0.390 e. The van der Waals surface area contributed by atoms with Crippen LogP contribution in [0, 0.1) is 0 Å². The predicted molar refractivity (Wildman–Crippen MR) is 74.0 cm³/mol. The summed E-state index contributed by atoms with van der Waals surface area (Å²) in [6.45, 7) is 1.93. The van der Waals surface area contributed by atoms with Gasteiger partial charge in [-0.25, -0.2) is 4.98 Å². The summed E-state index contributed by atoms with van der Waals surface area (Å²) >= 11 is 0. The Balaban J connectivity index is 1.71. The van der Waals surface area contributed by atoms with E-state index in [1.807, 2.05) is 0 Å². The minimum Gasteiger partial charge on any atom is -0.390 e. The lowest BCUT2D eigenvalue weighted by molar-refractivity contribution is 0.276. The Morgan fingerprint density at radius 2 is 2.00 bits per heavy atom. The summed E-state index contributed by atoms with van der Waals surface area (Å²) in [6, 6.07) is 10.6. The standard InChI is InChI=1S/C15H17N3O/c19-11-14-8-17-15(9-16-14)18-7-6-13(10-18)12-4-2-1-3-5-12/h1-5,8-9,13,19H,6-7,10-11H2. The van der Waals surface area contributed by atoms with Gasteiger partial charge in [-0.1, -0.05) is 30.3 Å². The molecule has 98 valence electrons. The van der Waals surface area contributed by atoms with Crippen LogP contribution < -0.4 is 4.90 Å².